The molecule has 34 heavy (non-hydrogen) atoms. The van der Waals surface area contributed by atoms with Gasteiger partial charge in [0.2, 0.25) is 11.8 Å². The molecule has 2 aromatic rings. The van der Waals surface area contributed by atoms with E-state index in [1.54, 1.807) is 0 Å². The molecule has 2 amide bonds. The molecule has 1 atom stereocenters. The Kier molecular flexibility index (Phi) is 7.53. The Balaban J connectivity index is 1.27. The van der Waals surface area contributed by atoms with E-state index in [4.69, 9.17) is 0 Å². The Bertz CT molecular complexity index is 991. The minimum atomic E-state index is -4.54. The average Bonchev–Trinajstić information content (AvgIpc) is 3.27. The minimum Gasteiger partial charge on any atom is -0.339 e. The van der Waals surface area contributed by atoms with Crippen LogP contribution in [0.25, 0.3) is 0 Å². The van der Waals surface area contributed by atoms with E-state index in [0.717, 1.165) is 32.0 Å². The highest BCUT2D eigenvalue weighted by molar-refractivity contribution is 5.93. The molecule has 2 saturated heterocycles. The van der Waals surface area contributed by atoms with Gasteiger partial charge in [0.05, 0.1) is 23.8 Å². The molecule has 0 aromatic heterocycles. The van der Waals surface area contributed by atoms with Gasteiger partial charge in [0.15, 0.2) is 0 Å². The van der Waals surface area contributed by atoms with Crippen molar-refractivity contribution in [3.63, 3.8) is 0 Å². The van der Waals surface area contributed by atoms with E-state index in [2.05, 4.69) is 22.3 Å². The third kappa shape index (κ3) is 5.95. The van der Waals surface area contributed by atoms with Crippen LogP contribution in [0.5, 0.6) is 0 Å². The number of halogens is 3. The number of rotatable bonds is 6. The number of likely N-dealkylation sites (tertiary alicyclic amines) is 1. The summed E-state index contributed by atoms with van der Waals surface area (Å²) in [7, 11) is 0. The Labute approximate surface area is 197 Å². The van der Waals surface area contributed by atoms with Crippen molar-refractivity contribution in [3.8, 4) is 0 Å². The number of nitrogens with one attached hydrogen (secondary N) is 1. The molecule has 1 N–H and O–H groups in total. The second kappa shape index (κ2) is 10.6. The number of nitrogens with zero attached hydrogens (tertiary/aromatic N) is 3. The highest BCUT2D eigenvalue weighted by Gasteiger charge is 2.36. The van der Waals surface area contributed by atoms with Crippen LogP contribution < -0.4 is 5.32 Å². The third-order valence-corrected chi connectivity index (χ3v) is 6.43. The number of benzene rings is 2. The summed E-state index contributed by atoms with van der Waals surface area (Å²) in [5.41, 5.74) is 0.0778. The topological polar surface area (TPSA) is 55.9 Å². The maximum Gasteiger partial charge on any atom is 0.418 e. The number of piperazine rings is 1. The van der Waals surface area contributed by atoms with Gasteiger partial charge < -0.3 is 10.2 Å². The van der Waals surface area contributed by atoms with E-state index in [1.165, 1.54) is 23.8 Å². The highest BCUT2D eigenvalue weighted by Crippen LogP contribution is 2.34. The van der Waals surface area contributed by atoms with Crippen molar-refractivity contribution in [1.82, 2.24) is 14.7 Å². The molecule has 2 fully saturated rings. The van der Waals surface area contributed by atoms with Gasteiger partial charge in [0.25, 0.3) is 0 Å². The van der Waals surface area contributed by atoms with Crippen LogP contribution in [0.15, 0.2) is 54.6 Å². The fraction of sp³-hybridized carbons (Fsp3) is 0.440. The zero-order chi connectivity index (χ0) is 24.1. The first kappa shape index (κ1) is 24.2. The summed E-state index contributed by atoms with van der Waals surface area (Å²) in [6.45, 7) is 3.64. The standard InChI is InChI=1S/C25H29F3N4O2/c26-25(27,28)20-9-4-5-10-21(20)29-23(33)18-30-13-15-31(16-14-30)24(34)22-11-6-12-32(22)17-19-7-2-1-3-8-19/h1-5,7-10,22H,6,11-18H2,(H,29,33). The molecule has 0 radical (unpaired) electrons. The zero-order valence-corrected chi connectivity index (χ0v) is 18.9. The highest BCUT2D eigenvalue weighted by atomic mass is 19.4. The average molecular weight is 475 g/mol. The van der Waals surface area contributed by atoms with Crippen LogP contribution in [0.3, 0.4) is 0 Å². The molecule has 9 heteroatoms. The molecular weight excluding hydrogens is 445 g/mol. The van der Waals surface area contributed by atoms with Crippen molar-refractivity contribution in [2.45, 2.75) is 31.6 Å². The first-order valence-electron chi connectivity index (χ1n) is 11.6. The number of carbonyl (C=O) groups is 2. The van der Waals surface area contributed by atoms with Crippen molar-refractivity contribution >= 4 is 17.5 Å². The molecule has 2 heterocycles. The molecule has 0 saturated carbocycles. The normalized spacial score (nSPS) is 19.9. The smallest absolute Gasteiger partial charge is 0.339 e. The molecule has 182 valence electrons. The summed E-state index contributed by atoms with van der Waals surface area (Å²) < 4.78 is 39.5. The molecule has 0 spiro atoms. The second-order valence-corrected chi connectivity index (χ2v) is 8.81. The number of amides is 2. The molecule has 2 aromatic carbocycles. The molecule has 0 aliphatic carbocycles. The fourth-order valence-corrected chi connectivity index (χ4v) is 4.68. The van der Waals surface area contributed by atoms with Crippen LogP contribution in [-0.2, 0) is 22.3 Å². The van der Waals surface area contributed by atoms with Gasteiger partial charge in [0, 0.05) is 32.7 Å². The minimum absolute atomic E-state index is 0.0161. The van der Waals surface area contributed by atoms with Crippen LogP contribution >= 0.6 is 0 Å². The van der Waals surface area contributed by atoms with Crippen molar-refractivity contribution in [3.05, 3.63) is 65.7 Å². The summed E-state index contributed by atoms with van der Waals surface area (Å²) in [5, 5.41) is 2.38. The van der Waals surface area contributed by atoms with E-state index in [1.807, 2.05) is 28.0 Å². The van der Waals surface area contributed by atoms with Gasteiger partial charge in [-0.25, -0.2) is 0 Å². The summed E-state index contributed by atoms with van der Waals surface area (Å²) in [5.74, 6) is -0.377. The Hall–Kier alpha value is -2.91. The van der Waals surface area contributed by atoms with Crippen molar-refractivity contribution in [2.75, 3.05) is 44.6 Å². The SMILES string of the molecule is O=C(CN1CCN(C(=O)C2CCCN2Cc2ccccc2)CC1)Nc1ccccc1C(F)(F)F. The van der Waals surface area contributed by atoms with Crippen LogP contribution in [0, 0.1) is 0 Å². The van der Waals surface area contributed by atoms with Gasteiger partial charge in [-0.15, -0.1) is 0 Å². The summed E-state index contributed by atoms with van der Waals surface area (Å²) >= 11 is 0. The van der Waals surface area contributed by atoms with E-state index in [-0.39, 0.29) is 24.2 Å². The lowest BCUT2D eigenvalue weighted by molar-refractivity contribution is -0.138. The third-order valence-electron chi connectivity index (χ3n) is 6.43. The number of alkyl halides is 3. The van der Waals surface area contributed by atoms with E-state index in [0.29, 0.717) is 26.2 Å². The first-order chi connectivity index (χ1) is 16.3. The number of hydrogen-bond donors (Lipinski definition) is 1. The zero-order valence-electron chi connectivity index (χ0n) is 18.9. The largest absolute Gasteiger partial charge is 0.418 e. The predicted octanol–water partition coefficient (Wildman–Crippen LogP) is 3.45. The van der Waals surface area contributed by atoms with Crippen molar-refractivity contribution < 1.29 is 22.8 Å². The number of para-hydroxylation sites is 1. The van der Waals surface area contributed by atoms with Gasteiger partial charge in [-0.1, -0.05) is 42.5 Å². The Morgan fingerprint density at radius 3 is 2.29 bits per heavy atom. The van der Waals surface area contributed by atoms with Gasteiger partial charge >= 0.3 is 6.18 Å². The van der Waals surface area contributed by atoms with Crippen LogP contribution in [0.1, 0.15) is 24.0 Å². The lowest BCUT2D eigenvalue weighted by Gasteiger charge is -2.37. The quantitative estimate of drug-likeness (QED) is 0.697. The molecule has 2 aliphatic heterocycles. The first-order valence-corrected chi connectivity index (χ1v) is 11.6. The molecule has 0 bridgehead atoms. The molecule has 1 unspecified atom stereocenters. The molecule has 4 rings (SSSR count). The van der Waals surface area contributed by atoms with E-state index < -0.39 is 17.6 Å². The van der Waals surface area contributed by atoms with Crippen molar-refractivity contribution in [2.24, 2.45) is 0 Å². The Morgan fingerprint density at radius 2 is 1.59 bits per heavy atom. The number of hydrogen-bond acceptors (Lipinski definition) is 4. The summed E-state index contributed by atoms with van der Waals surface area (Å²) in [6, 6.07) is 14.9. The predicted molar refractivity (Wildman–Crippen MR) is 123 cm³/mol. The van der Waals surface area contributed by atoms with Gasteiger partial charge in [0.1, 0.15) is 0 Å². The molecule has 6 nitrogen and oxygen atoms in total. The number of anilines is 1. The maximum atomic E-state index is 13.2. The lowest BCUT2D eigenvalue weighted by Crippen LogP contribution is -2.54. The monoisotopic (exact) mass is 474 g/mol. The number of carbonyl (C=O) groups excluding carboxylic acids is 2. The van der Waals surface area contributed by atoms with Crippen LogP contribution in [0.2, 0.25) is 0 Å². The fourth-order valence-electron chi connectivity index (χ4n) is 4.68. The van der Waals surface area contributed by atoms with Gasteiger partial charge in [-0.05, 0) is 37.1 Å². The Morgan fingerprint density at radius 1 is 0.912 bits per heavy atom. The van der Waals surface area contributed by atoms with Crippen molar-refractivity contribution in [1.29, 1.82) is 0 Å². The van der Waals surface area contributed by atoms with Crippen LogP contribution in [-0.4, -0.2) is 71.8 Å². The second-order valence-electron chi connectivity index (χ2n) is 8.81. The van der Waals surface area contributed by atoms with E-state index in [9.17, 15) is 22.8 Å². The van der Waals surface area contributed by atoms with E-state index >= 15 is 0 Å². The van der Waals surface area contributed by atoms with Crippen LogP contribution in [0.4, 0.5) is 18.9 Å². The molecular formula is C25H29F3N4O2. The van der Waals surface area contributed by atoms with Gasteiger partial charge in [-0.3, -0.25) is 19.4 Å². The summed E-state index contributed by atoms with van der Waals surface area (Å²) in [4.78, 5) is 31.5. The lowest BCUT2D eigenvalue weighted by atomic mass is 10.1. The summed E-state index contributed by atoms with van der Waals surface area (Å²) in [6.07, 6.45) is -2.71. The van der Waals surface area contributed by atoms with Gasteiger partial charge in [-0.2, -0.15) is 13.2 Å². The maximum absolute atomic E-state index is 13.2. The molecule has 2 aliphatic rings.